The van der Waals surface area contributed by atoms with Gasteiger partial charge < -0.3 is 5.32 Å². The van der Waals surface area contributed by atoms with E-state index < -0.39 is 0 Å². The van der Waals surface area contributed by atoms with E-state index in [0.29, 0.717) is 0 Å². The highest BCUT2D eigenvalue weighted by Gasteiger charge is 2.16. The van der Waals surface area contributed by atoms with Gasteiger partial charge in [-0.1, -0.05) is 12.1 Å². The van der Waals surface area contributed by atoms with Crippen molar-refractivity contribution in [2.45, 2.75) is 24.4 Å². The lowest BCUT2D eigenvalue weighted by Gasteiger charge is -2.23. The topological polar surface area (TPSA) is 32.3 Å². The summed E-state index contributed by atoms with van der Waals surface area (Å²) < 4.78 is 0. The molecule has 3 nitrogen and oxygen atoms in total. The predicted octanol–water partition coefficient (Wildman–Crippen LogP) is 1.97. The third kappa shape index (κ3) is 4.06. The summed E-state index contributed by atoms with van der Waals surface area (Å²) in [4.78, 5) is 14.8. The summed E-state index contributed by atoms with van der Waals surface area (Å²) in [5.74, 6) is 0.0493. The fourth-order valence-electron chi connectivity index (χ4n) is 1.56. The Morgan fingerprint density at radius 3 is 2.47 bits per heavy atom. The molecule has 1 rings (SSSR count). The normalized spacial score (nSPS) is 12.5. The molecule has 1 atom stereocenters. The standard InChI is InChI=1S/C13H20N2OS/c1-10(13(16)14-2)15(3)9-11-5-7-12(17-4)8-6-11/h5-8,10H,9H2,1-4H3,(H,14,16)/t10-/m1/s1. The fourth-order valence-corrected chi connectivity index (χ4v) is 1.97. The Morgan fingerprint density at radius 2 is 2.00 bits per heavy atom. The second-order valence-corrected chi connectivity index (χ2v) is 4.93. The van der Waals surface area contributed by atoms with Crippen LogP contribution in [0, 0.1) is 0 Å². The molecule has 1 amide bonds. The molecule has 4 heteroatoms. The van der Waals surface area contributed by atoms with Gasteiger partial charge in [0.05, 0.1) is 6.04 Å². The number of hydrogen-bond donors (Lipinski definition) is 1. The molecule has 0 bridgehead atoms. The second kappa shape index (κ2) is 6.67. The number of carbonyl (C=O) groups excluding carboxylic acids is 1. The van der Waals surface area contributed by atoms with Crippen molar-refractivity contribution < 1.29 is 4.79 Å². The maximum atomic E-state index is 11.5. The van der Waals surface area contributed by atoms with E-state index in [1.165, 1.54) is 10.5 Å². The molecule has 0 unspecified atom stereocenters. The van der Waals surface area contributed by atoms with Crippen molar-refractivity contribution in [3.8, 4) is 0 Å². The van der Waals surface area contributed by atoms with Crippen LogP contribution in [0.25, 0.3) is 0 Å². The van der Waals surface area contributed by atoms with Crippen LogP contribution in [0.3, 0.4) is 0 Å². The van der Waals surface area contributed by atoms with Gasteiger partial charge in [-0.2, -0.15) is 0 Å². The first kappa shape index (κ1) is 14.1. The predicted molar refractivity (Wildman–Crippen MR) is 73.2 cm³/mol. The summed E-state index contributed by atoms with van der Waals surface area (Å²) in [6, 6.07) is 8.33. The summed E-state index contributed by atoms with van der Waals surface area (Å²) >= 11 is 1.73. The van der Waals surface area contributed by atoms with Crippen molar-refractivity contribution >= 4 is 17.7 Å². The molecule has 0 aliphatic rings. The van der Waals surface area contributed by atoms with Crippen molar-refractivity contribution in [3.05, 3.63) is 29.8 Å². The van der Waals surface area contributed by atoms with Gasteiger partial charge >= 0.3 is 0 Å². The Balaban J connectivity index is 2.60. The van der Waals surface area contributed by atoms with E-state index in [2.05, 4.69) is 35.8 Å². The van der Waals surface area contributed by atoms with E-state index in [1.807, 2.05) is 18.9 Å². The lowest BCUT2D eigenvalue weighted by atomic mass is 10.2. The number of hydrogen-bond acceptors (Lipinski definition) is 3. The average molecular weight is 252 g/mol. The smallest absolute Gasteiger partial charge is 0.236 e. The molecule has 1 aromatic carbocycles. The Labute approximate surface area is 108 Å². The first-order valence-corrected chi connectivity index (χ1v) is 6.85. The quantitative estimate of drug-likeness (QED) is 0.813. The number of carbonyl (C=O) groups is 1. The second-order valence-electron chi connectivity index (χ2n) is 4.05. The van der Waals surface area contributed by atoms with E-state index in [1.54, 1.807) is 18.8 Å². The Morgan fingerprint density at radius 1 is 1.41 bits per heavy atom. The van der Waals surface area contributed by atoms with Crippen LogP contribution in [0.5, 0.6) is 0 Å². The fraction of sp³-hybridized carbons (Fsp3) is 0.462. The van der Waals surface area contributed by atoms with E-state index in [0.717, 1.165) is 6.54 Å². The zero-order chi connectivity index (χ0) is 12.8. The van der Waals surface area contributed by atoms with Crippen LogP contribution in [0.2, 0.25) is 0 Å². The minimum atomic E-state index is -0.111. The minimum Gasteiger partial charge on any atom is -0.358 e. The van der Waals surface area contributed by atoms with Crippen LogP contribution in [0.15, 0.2) is 29.2 Å². The van der Waals surface area contributed by atoms with Crippen molar-refractivity contribution in [2.75, 3.05) is 20.4 Å². The van der Waals surface area contributed by atoms with Crippen LogP contribution in [0.4, 0.5) is 0 Å². The van der Waals surface area contributed by atoms with E-state index >= 15 is 0 Å². The largest absolute Gasteiger partial charge is 0.358 e. The molecule has 0 radical (unpaired) electrons. The van der Waals surface area contributed by atoms with Crippen LogP contribution >= 0.6 is 11.8 Å². The molecule has 94 valence electrons. The van der Waals surface area contributed by atoms with Crippen LogP contribution in [-0.4, -0.2) is 37.2 Å². The van der Waals surface area contributed by atoms with Crippen LogP contribution in [0.1, 0.15) is 12.5 Å². The van der Waals surface area contributed by atoms with Gasteiger partial charge in [-0.25, -0.2) is 0 Å². The van der Waals surface area contributed by atoms with E-state index in [4.69, 9.17) is 0 Å². The number of likely N-dealkylation sites (N-methyl/N-ethyl adjacent to an activating group) is 2. The van der Waals surface area contributed by atoms with Gasteiger partial charge in [0.25, 0.3) is 0 Å². The zero-order valence-electron chi connectivity index (χ0n) is 10.9. The van der Waals surface area contributed by atoms with Crippen molar-refractivity contribution in [1.82, 2.24) is 10.2 Å². The first-order valence-electron chi connectivity index (χ1n) is 5.63. The van der Waals surface area contributed by atoms with Gasteiger partial charge in [-0.05, 0) is 37.9 Å². The van der Waals surface area contributed by atoms with Crippen molar-refractivity contribution in [1.29, 1.82) is 0 Å². The molecule has 0 aromatic heterocycles. The number of amides is 1. The van der Waals surface area contributed by atoms with Crippen molar-refractivity contribution in [3.63, 3.8) is 0 Å². The van der Waals surface area contributed by atoms with Gasteiger partial charge in [-0.15, -0.1) is 11.8 Å². The molecule has 0 heterocycles. The highest BCUT2D eigenvalue weighted by atomic mass is 32.2. The molecule has 0 fully saturated rings. The maximum absolute atomic E-state index is 11.5. The average Bonchev–Trinajstić information content (AvgIpc) is 2.37. The highest BCUT2D eigenvalue weighted by molar-refractivity contribution is 7.98. The molecule has 0 spiro atoms. The molecule has 1 aromatic rings. The SMILES string of the molecule is CNC(=O)[C@@H](C)N(C)Cc1ccc(SC)cc1. The summed E-state index contributed by atoms with van der Waals surface area (Å²) in [6.45, 7) is 2.69. The number of nitrogens with one attached hydrogen (secondary N) is 1. The number of rotatable bonds is 5. The van der Waals surface area contributed by atoms with Gasteiger partial charge in [0.1, 0.15) is 0 Å². The lowest BCUT2D eigenvalue weighted by molar-refractivity contribution is -0.125. The molecule has 0 aliphatic carbocycles. The maximum Gasteiger partial charge on any atom is 0.236 e. The first-order chi connectivity index (χ1) is 8.08. The van der Waals surface area contributed by atoms with Crippen LogP contribution < -0.4 is 5.32 Å². The Bertz CT molecular complexity index is 364. The summed E-state index contributed by atoms with van der Waals surface area (Å²) in [5, 5.41) is 2.67. The zero-order valence-corrected chi connectivity index (χ0v) is 11.7. The molecular formula is C13H20N2OS. The molecule has 17 heavy (non-hydrogen) atoms. The molecule has 0 saturated carbocycles. The summed E-state index contributed by atoms with van der Waals surface area (Å²) in [7, 11) is 3.63. The Hall–Kier alpha value is -1.00. The number of benzene rings is 1. The molecular weight excluding hydrogens is 232 g/mol. The molecule has 0 aliphatic heterocycles. The summed E-state index contributed by atoms with van der Waals surface area (Å²) in [5.41, 5.74) is 1.22. The van der Waals surface area contributed by atoms with Gasteiger partial charge in [0, 0.05) is 18.5 Å². The van der Waals surface area contributed by atoms with Gasteiger partial charge in [0.2, 0.25) is 5.91 Å². The number of thioether (sulfide) groups is 1. The number of nitrogens with zero attached hydrogens (tertiary/aromatic N) is 1. The molecule has 0 saturated heterocycles. The monoisotopic (exact) mass is 252 g/mol. The van der Waals surface area contributed by atoms with Gasteiger partial charge in [-0.3, -0.25) is 9.69 Å². The van der Waals surface area contributed by atoms with Crippen molar-refractivity contribution in [2.24, 2.45) is 0 Å². The lowest BCUT2D eigenvalue weighted by Crippen LogP contribution is -2.41. The van der Waals surface area contributed by atoms with Crippen LogP contribution in [-0.2, 0) is 11.3 Å². The summed E-state index contributed by atoms with van der Waals surface area (Å²) in [6.07, 6.45) is 2.06. The van der Waals surface area contributed by atoms with E-state index in [9.17, 15) is 4.79 Å². The molecule has 1 N–H and O–H groups in total. The Kier molecular flexibility index (Phi) is 5.51. The third-order valence-electron chi connectivity index (χ3n) is 2.88. The minimum absolute atomic E-state index is 0.0493. The van der Waals surface area contributed by atoms with Gasteiger partial charge in [0.15, 0.2) is 0 Å². The third-order valence-corrected chi connectivity index (χ3v) is 3.62. The highest BCUT2D eigenvalue weighted by Crippen LogP contribution is 2.16. The van der Waals surface area contributed by atoms with E-state index in [-0.39, 0.29) is 11.9 Å².